The van der Waals surface area contributed by atoms with Crippen molar-refractivity contribution >= 4 is 6.08 Å². The number of rotatable bonds is 5. The van der Waals surface area contributed by atoms with Crippen LogP contribution in [-0.2, 0) is 5.41 Å². The van der Waals surface area contributed by atoms with Crippen LogP contribution in [0.15, 0.2) is 23.8 Å². The molecule has 0 amide bonds. The maximum atomic E-state index is 9.20. The number of allylic oxidation sites excluding steroid dienone is 1. The van der Waals surface area contributed by atoms with Crippen LogP contribution in [0.4, 0.5) is 0 Å². The fourth-order valence-electron chi connectivity index (χ4n) is 5.64. The van der Waals surface area contributed by atoms with Gasteiger partial charge in [0.15, 0.2) is 0 Å². The maximum Gasteiger partial charge on any atom is 0.130 e. The van der Waals surface area contributed by atoms with Crippen molar-refractivity contribution < 1.29 is 4.74 Å². The summed E-state index contributed by atoms with van der Waals surface area (Å²) in [5.74, 6) is 3.09. The predicted molar refractivity (Wildman–Crippen MR) is 108 cm³/mol. The highest BCUT2D eigenvalue weighted by Gasteiger charge is 2.45. The molecule has 0 radical (unpaired) electrons. The van der Waals surface area contributed by atoms with Crippen molar-refractivity contribution in [2.75, 3.05) is 6.61 Å². The first-order valence-corrected chi connectivity index (χ1v) is 10.3. The minimum Gasteiger partial charge on any atom is -0.493 e. The van der Waals surface area contributed by atoms with Crippen molar-refractivity contribution in [3.63, 3.8) is 0 Å². The van der Waals surface area contributed by atoms with E-state index < -0.39 is 0 Å². The van der Waals surface area contributed by atoms with Gasteiger partial charge in [0, 0.05) is 5.56 Å². The average molecular weight is 363 g/mol. The van der Waals surface area contributed by atoms with E-state index in [4.69, 9.17) is 4.74 Å². The van der Waals surface area contributed by atoms with Gasteiger partial charge in [-0.25, -0.2) is 0 Å². The van der Waals surface area contributed by atoms with E-state index in [1.54, 1.807) is 6.08 Å². The van der Waals surface area contributed by atoms with E-state index in [1.807, 2.05) is 18.2 Å². The molecule has 3 heteroatoms. The van der Waals surface area contributed by atoms with Crippen molar-refractivity contribution in [3.05, 3.63) is 34.9 Å². The Balaban J connectivity index is 2.04. The molecule has 0 aliphatic heterocycles. The van der Waals surface area contributed by atoms with Gasteiger partial charge in [0.05, 0.1) is 6.61 Å². The minimum absolute atomic E-state index is 0.123. The molecule has 142 valence electrons. The summed E-state index contributed by atoms with van der Waals surface area (Å²) in [5.41, 5.74) is 2.57. The number of nitrogens with zero attached hydrogens (tertiary/aromatic N) is 2. The molecule has 0 heterocycles. The van der Waals surface area contributed by atoms with Gasteiger partial charge in [-0.2, -0.15) is 10.5 Å². The van der Waals surface area contributed by atoms with Gasteiger partial charge in [-0.05, 0) is 85.5 Å². The molecular formula is C24H30N2O. The Morgan fingerprint density at radius 2 is 1.81 bits per heavy atom. The number of hydrogen-bond acceptors (Lipinski definition) is 3. The first kappa shape index (κ1) is 19.5. The molecule has 3 rings (SSSR count). The van der Waals surface area contributed by atoms with Crippen molar-refractivity contribution in [3.8, 4) is 17.9 Å². The molecule has 2 fully saturated rings. The highest BCUT2D eigenvalue weighted by molar-refractivity contribution is 5.67. The topological polar surface area (TPSA) is 56.8 Å². The minimum atomic E-state index is 0.123. The SMILES string of the molecule is CCCOc1ccc(C23CC(C[C@@H](C)C2)C[C@@H](C)C3)cc1C=C(C#N)C#N. The highest BCUT2D eigenvalue weighted by atomic mass is 16.5. The van der Waals surface area contributed by atoms with Crippen LogP contribution in [0.3, 0.4) is 0 Å². The zero-order valence-electron chi connectivity index (χ0n) is 16.8. The van der Waals surface area contributed by atoms with E-state index in [1.165, 1.54) is 37.7 Å². The molecular weight excluding hydrogens is 332 g/mol. The molecule has 0 N–H and O–H groups in total. The number of fused-ring (bicyclic) bond motifs is 2. The second-order valence-corrected chi connectivity index (χ2v) is 8.82. The zero-order valence-corrected chi connectivity index (χ0v) is 16.8. The number of benzene rings is 1. The van der Waals surface area contributed by atoms with E-state index in [2.05, 4.69) is 32.9 Å². The monoisotopic (exact) mass is 362 g/mol. The molecule has 2 aliphatic carbocycles. The van der Waals surface area contributed by atoms with E-state index in [0.29, 0.717) is 6.61 Å². The van der Waals surface area contributed by atoms with Gasteiger partial charge in [0.25, 0.3) is 0 Å². The molecule has 2 aliphatic rings. The van der Waals surface area contributed by atoms with Crippen LogP contribution in [0.5, 0.6) is 5.75 Å². The van der Waals surface area contributed by atoms with Crippen molar-refractivity contribution in [1.82, 2.24) is 0 Å². The lowest BCUT2D eigenvalue weighted by Crippen LogP contribution is -2.42. The van der Waals surface area contributed by atoms with Gasteiger partial charge >= 0.3 is 0 Å². The summed E-state index contributed by atoms with van der Waals surface area (Å²) in [6, 6.07) is 10.4. The quantitative estimate of drug-likeness (QED) is 0.603. The summed E-state index contributed by atoms with van der Waals surface area (Å²) >= 11 is 0. The Hall–Kier alpha value is -2.26. The third-order valence-electron chi connectivity index (χ3n) is 6.25. The van der Waals surface area contributed by atoms with Crippen LogP contribution >= 0.6 is 0 Å². The summed E-state index contributed by atoms with van der Waals surface area (Å²) in [7, 11) is 0. The van der Waals surface area contributed by atoms with Crippen LogP contribution in [0.2, 0.25) is 0 Å². The van der Waals surface area contributed by atoms with Gasteiger partial charge < -0.3 is 4.74 Å². The molecule has 0 saturated heterocycles. The third-order valence-corrected chi connectivity index (χ3v) is 6.25. The van der Waals surface area contributed by atoms with Crippen molar-refractivity contribution in [2.24, 2.45) is 17.8 Å². The van der Waals surface area contributed by atoms with Gasteiger partial charge in [0.1, 0.15) is 23.5 Å². The summed E-state index contributed by atoms with van der Waals surface area (Å²) < 4.78 is 5.90. The van der Waals surface area contributed by atoms with Gasteiger partial charge in [0.2, 0.25) is 0 Å². The molecule has 2 bridgehead atoms. The predicted octanol–water partition coefficient (Wildman–Crippen LogP) is 6.01. The molecule has 3 nitrogen and oxygen atoms in total. The zero-order chi connectivity index (χ0) is 19.4. The molecule has 1 aromatic carbocycles. The molecule has 0 unspecified atom stereocenters. The van der Waals surface area contributed by atoms with E-state index in [9.17, 15) is 10.5 Å². The molecule has 27 heavy (non-hydrogen) atoms. The maximum absolute atomic E-state index is 9.20. The summed E-state index contributed by atoms with van der Waals surface area (Å²) in [4.78, 5) is 0. The second kappa shape index (κ2) is 8.18. The number of hydrogen-bond donors (Lipinski definition) is 0. The highest BCUT2D eigenvalue weighted by Crippen LogP contribution is 2.54. The number of nitriles is 2. The smallest absolute Gasteiger partial charge is 0.130 e. The lowest BCUT2D eigenvalue weighted by atomic mass is 9.54. The lowest BCUT2D eigenvalue weighted by Gasteiger charge is -2.50. The van der Waals surface area contributed by atoms with Crippen molar-refractivity contribution in [1.29, 1.82) is 10.5 Å². The standard InChI is InChI=1S/C24H30N2O/c1-4-7-27-23-6-5-22(11-21(23)10-20(15-25)16-26)24-12-17(2)8-19(14-24)9-18(3)13-24/h5-6,10-11,17-19H,4,7-9,12-14H2,1-3H3/t17-,18-,19?,24?/m1/s1. The summed E-state index contributed by atoms with van der Waals surface area (Å²) in [5, 5.41) is 18.4. The lowest BCUT2D eigenvalue weighted by molar-refractivity contribution is 0.0780. The molecule has 2 saturated carbocycles. The normalized spacial score (nSPS) is 29.3. The average Bonchev–Trinajstić information content (AvgIpc) is 2.63. The van der Waals surface area contributed by atoms with Crippen LogP contribution in [-0.4, -0.2) is 6.61 Å². The second-order valence-electron chi connectivity index (χ2n) is 8.82. The van der Waals surface area contributed by atoms with Crippen molar-refractivity contribution in [2.45, 2.75) is 64.7 Å². The Bertz CT molecular complexity index is 760. The van der Waals surface area contributed by atoms with Crippen LogP contribution in [0.25, 0.3) is 6.08 Å². The first-order chi connectivity index (χ1) is 13.0. The van der Waals surface area contributed by atoms with E-state index in [-0.39, 0.29) is 11.0 Å². The molecule has 1 aromatic rings. The van der Waals surface area contributed by atoms with Gasteiger partial charge in [-0.3, -0.25) is 0 Å². The van der Waals surface area contributed by atoms with Crippen LogP contribution in [0.1, 0.15) is 70.4 Å². The Labute approximate surface area is 163 Å². The summed E-state index contributed by atoms with van der Waals surface area (Å²) in [6.07, 6.45) is 9.04. The Morgan fingerprint density at radius 3 is 2.41 bits per heavy atom. The molecule has 2 atom stereocenters. The van der Waals surface area contributed by atoms with E-state index >= 15 is 0 Å². The van der Waals surface area contributed by atoms with Gasteiger partial charge in [-0.1, -0.05) is 26.8 Å². The summed E-state index contributed by atoms with van der Waals surface area (Å²) in [6.45, 7) is 7.49. The van der Waals surface area contributed by atoms with Crippen LogP contribution < -0.4 is 4.74 Å². The van der Waals surface area contributed by atoms with Gasteiger partial charge in [-0.15, -0.1) is 0 Å². The first-order valence-electron chi connectivity index (χ1n) is 10.3. The Morgan fingerprint density at radius 1 is 1.15 bits per heavy atom. The Kier molecular flexibility index (Phi) is 5.91. The van der Waals surface area contributed by atoms with E-state index in [0.717, 1.165) is 35.5 Å². The fourth-order valence-corrected chi connectivity index (χ4v) is 5.64. The molecule has 0 aromatic heterocycles. The third kappa shape index (κ3) is 4.19. The molecule has 0 spiro atoms. The van der Waals surface area contributed by atoms with Crippen LogP contribution in [0, 0.1) is 40.4 Å². The fraction of sp³-hybridized carbons (Fsp3) is 0.583. The largest absolute Gasteiger partial charge is 0.493 e. The number of ether oxygens (including phenoxy) is 1.